The molecule has 2 aromatic heterocycles. The number of aryl methyl sites for hydroxylation is 2. The van der Waals surface area contributed by atoms with Crippen molar-refractivity contribution in [2.75, 3.05) is 23.9 Å². The molecule has 11 nitrogen and oxygen atoms in total. The van der Waals surface area contributed by atoms with Gasteiger partial charge in [-0.15, -0.1) is 11.6 Å². The van der Waals surface area contributed by atoms with Crippen LogP contribution in [-0.2, 0) is 19.6 Å². The largest absolute Gasteiger partial charge is 0.524 e. The molecule has 6 atom stereocenters. The van der Waals surface area contributed by atoms with Crippen LogP contribution in [-0.4, -0.2) is 61.2 Å². The predicted molar refractivity (Wildman–Crippen MR) is 169 cm³/mol. The highest BCUT2D eigenvalue weighted by Crippen LogP contribution is 2.91. The predicted octanol–water partition coefficient (Wildman–Crippen LogP) is 4.94. The summed E-state index contributed by atoms with van der Waals surface area (Å²) in [5.41, 5.74) is 4.78. The number of fused-ring (bicyclic) bond motifs is 6. The van der Waals surface area contributed by atoms with Gasteiger partial charge in [-0.1, -0.05) is 0 Å². The Morgan fingerprint density at radius 1 is 1.15 bits per heavy atom. The number of phosphoric acid groups is 1. The second-order valence-corrected chi connectivity index (χ2v) is 16.1. The first kappa shape index (κ1) is 28.8. The quantitative estimate of drug-likeness (QED) is 0.222. The fourth-order valence-corrected chi connectivity index (χ4v) is 10.9. The Kier molecular flexibility index (Phi) is 5.48. The third kappa shape index (κ3) is 3.42. The molecule has 3 saturated carbocycles. The van der Waals surface area contributed by atoms with Crippen LogP contribution in [0.2, 0.25) is 0 Å². The van der Waals surface area contributed by atoms with Crippen LogP contribution in [0.1, 0.15) is 71.3 Å². The lowest BCUT2D eigenvalue weighted by molar-refractivity contribution is -0.134. The van der Waals surface area contributed by atoms with E-state index in [1.807, 2.05) is 24.9 Å². The Balaban J connectivity index is 1.04. The van der Waals surface area contributed by atoms with E-state index in [1.165, 1.54) is 0 Å². The molecule has 4 fully saturated rings. The third-order valence-electron chi connectivity index (χ3n) is 12.3. The first-order valence-corrected chi connectivity index (χ1v) is 17.9. The van der Waals surface area contributed by atoms with Crippen LogP contribution in [0, 0.1) is 36.5 Å². The monoisotopic (exact) mass is 664 g/mol. The molecule has 0 bridgehead atoms. The third-order valence-corrected chi connectivity index (χ3v) is 13.2. The molecule has 1 spiro atoms. The number of carbonyl (C=O) groups excluding carboxylic acids is 3. The van der Waals surface area contributed by atoms with Gasteiger partial charge in [-0.2, -0.15) is 0 Å². The van der Waals surface area contributed by atoms with Gasteiger partial charge in [0.05, 0.1) is 22.3 Å². The summed E-state index contributed by atoms with van der Waals surface area (Å²) in [5, 5.41) is 0.752. The minimum Gasteiger partial charge on any atom is -0.402 e. The summed E-state index contributed by atoms with van der Waals surface area (Å²) < 4.78 is 17.0. The fourth-order valence-electron chi connectivity index (χ4n) is 10.3. The first-order chi connectivity index (χ1) is 21.7. The smallest absolute Gasteiger partial charge is 0.402 e. The molecule has 3 aromatic rings. The van der Waals surface area contributed by atoms with Crippen molar-refractivity contribution in [2.24, 2.45) is 22.7 Å². The summed E-state index contributed by atoms with van der Waals surface area (Å²) in [6, 6.07) is 1.54. The van der Waals surface area contributed by atoms with Crippen LogP contribution in [0.25, 0.3) is 10.9 Å². The molecule has 6 unspecified atom stereocenters. The highest BCUT2D eigenvalue weighted by Gasteiger charge is 2.89. The Bertz CT molecular complexity index is 2050. The van der Waals surface area contributed by atoms with Gasteiger partial charge in [0, 0.05) is 71.8 Å². The number of nitrogens with zero attached hydrogens (tertiary/aromatic N) is 2. The van der Waals surface area contributed by atoms with E-state index >= 15 is 0 Å². The molecule has 2 aliphatic heterocycles. The average Bonchev–Trinajstić information content (AvgIpc) is 3.41. The molecule has 13 heteroatoms. The van der Waals surface area contributed by atoms with Crippen molar-refractivity contribution in [2.45, 2.75) is 57.8 Å². The second kappa shape index (κ2) is 8.75. The Morgan fingerprint density at radius 2 is 1.91 bits per heavy atom. The number of nitrogens with one attached hydrogen (secondary N) is 2. The van der Waals surface area contributed by atoms with E-state index in [9.17, 15) is 28.7 Å². The molecular formula is C33H34ClN4O7P. The summed E-state index contributed by atoms with van der Waals surface area (Å²) in [4.78, 5) is 71.1. The van der Waals surface area contributed by atoms with Crippen molar-refractivity contribution in [3.05, 3.63) is 58.2 Å². The van der Waals surface area contributed by atoms with Gasteiger partial charge in [-0.3, -0.25) is 24.2 Å². The molecule has 0 radical (unpaired) electrons. The fraction of sp³-hybridized carbons (Fsp3) is 0.485. The molecule has 4 N–H and O–H groups in total. The number of aromatic amines is 2. The number of amides is 2. The van der Waals surface area contributed by atoms with Crippen molar-refractivity contribution in [3.63, 3.8) is 0 Å². The molecule has 1 aromatic carbocycles. The van der Waals surface area contributed by atoms with Crippen LogP contribution < -0.4 is 9.42 Å². The number of allylic oxidation sites excluding steroid dienone is 2. The van der Waals surface area contributed by atoms with Gasteiger partial charge in [0.25, 0.3) is 0 Å². The SMILES string of the molecule is Cc1c[nH]c2c1C1(C)CCN(C(=O)C3CC4(C(=O)N5CC(CCl)c6c5cc(OP(=O)(O)O)c5[nH]cc(C)c65)CC45CC35)C1=CC2=O. The molecule has 46 heavy (non-hydrogen) atoms. The van der Waals surface area contributed by atoms with E-state index in [0.29, 0.717) is 36.4 Å². The number of alkyl halides is 1. The minimum atomic E-state index is -4.89. The summed E-state index contributed by atoms with van der Waals surface area (Å²) in [7, 11) is -4.89. The standard InChI is InChI=1S/C33H34ClN4O7P/c1-15-11-36-28-22(45-46(42,43)44)6-20-25(24(15)28)17(10-34)13-38(20)30(41)33-8-18(19-9-32(19,33)14-33)29(40)37-5-4-31(3)23(37)7-21(39)27-26(31)16(2)12-35-27/h6-7,11-12,17-19,35-36H,4-5,8-10,13-14H2,1-3H3,(H2,42,43,44). The summed E-state index contributed by atoms with van der Waals surface area (Å²) in [5.74, 6) is -0.296. The molecule has 2 amide bonds. The highest BCUT2D eigenvalue weighted by molar-refractivity contribution is 7.46. The van der Waals surface area contributed by atoms with E-state index in [1.54, 1.807) is 23.2 Å². The van der Waals surface area contributed by atoms with Gasteiger partial charge in [0.1, 0.15) is 0 Å². The maximum absolute atomic E-state index is 14.7. The molecule has 4 aliphatic carbocycles. The number of aromatic nitrogens is 2. The second-order valence-electron chi connectivity index (χ2n) is 14.6. The van der Waals surface area contributed by atoms with Crippen LogP contribution in [0.5, 0.6) is 5.75 Å². The minimum absolute atomic E-state index is 0.00288. The van der Waals surface area contributed by atoms with E-state index < -0.39 is 18.7 Å². The van der Waals surface area contributed by atoms with Crippen molar-refractivity contribution < 1.29 is 33.3 Å². The van der Waals surface area contributed by atoms with Gasteiger partial charge in [0.15, 0.2) is 5.75 Å². The lowest BCUT2D eigenvalue weighted by atomic mass is 9.73. The number of H-pyrrole nitrogens is 2. The zero-order valence-corrected chi connectivity index (χ0v) is 27.3. The number of ketones is 1. The molecule has 240 valence electrons. The van der Waals surface area contributed by atoms with Crippen LogP contribution >= 0.6 is 19.4 Å². The van der Waals surface area contributed by atoms with Gasteiger partial charge in [0.2, 0.25) is 17.6 Å². The van der Waals surface area contributed by atoms with Crippen molar-refractivity contribution in [1.29, 1.82) is 0 Å². The van der Waals surface area contributed by atoms with Crippen LogP contribution in [0.3, 0.4) is 0 Å². The Morgan fingerprint density at radius 3 is 2.65 bits per heavy atom. The number of hydrogen-bond donors (Lipinski definition) is 4. The first-order valence-electron chi connectivity index (χ1n) is 15.8. The van der Waals surface area contributed by atoms with Gasteiger partial charge in [-0.05, 0) is 80.0 Å². The Hall–Kier alpha value is -3.37. The number of halogens is 1. The topological polar surface area (TPSA) is 156 Å². The molecule has 9 rings (SSSR count). The summed E-state index contributed by atoms with van der Waals surface area (Å²) in [6.45, 7) is 6.87. The normalized spacial score (nSPS) is 33.4. The number of benzene rings is 1. The number of hydrogen-bond acceptors (Lipinski definition) is 5. The van der Waals surface area contributed by atoms with E-state index in [0.717, 1.165) is 52.6 Å². The summed E-state index contributed by atoms with van der Waals surface area (Å²) >= 11 is 6.48. The van der Waals surface area contributed by atoms with Gasteiger partial charge in [-0.25, -0.2) is 4.57 Å². The molecule has 4 heterocycles. The van der Waals surface area contributed by atoms with Crippen molar-refractivity contribution in [1.82, 2.24) is 14.9 Å². The molecule has 6 aliphatic rings. The maximum Gasteiger partial charge on any atom is 0.524 e. The van der Waals surface area contributed by atoms with E-state index in [4.69, 9.17) is 16.1 Å². The van der Waals surface area contributed by atoms with Crippen molar-refractivity contribution >= 4 is 53.6 Å². The van der Waals surface area contributed by atoms with Crippen LogP contribution in [0.4, 0.5) is 5.69 Å². The lowest BCUT2D eigenvalue weighted by Gasteiger charge is -2.34. The number of anilines is 1. The molecular weight excluding hydrogens is 631 g/mol. The van der Waals surface area contributed by atoms with Crippen molar-refractivity contribution in [3.8, 4) is 5.75 Å². The van der Waals surface area contributed by atoms with Gasteiger partial charge >= 0.3 is 7.82 Å². The zero-order chi connectivity index (χ0) is 32.3. The zero-order valence-electron chi connectivity index (χ0n) is 25.6. The highest BCUT2D eigenvalue weighted by atomic mass is 35.5. The number of rotatable bonds is 5. The number of likely N-dealkylation sites (tertiary alicyclic amines) is 1. The summed E-state index contributed by atoms with van der Waals surface area (Å²) in [6.07, 6.45) is 7.96. The van der Waals surface area contributed by atoms with E-state index in [-0.39, 0.29) is 52.4 Å². The van der Waals surface area contributed by atoms with Gasteiger partial charge < -0.3 is 24.3 Å². The number of phosphoric ester groups is 1. The van der Waals surface area contributed by atoms with Crippen LogP contribution in [0.15, 0.2) is 30.2 Å². The van der Waals surface area contributed by atoms with E-state index in [2.05, 4.69) is 16.9 Å². The lowest BCUT2D eigenvalue weighted by Crippen LogP contribution is -2.41. The maximum atomic E-state index is 14.7. The Labute approximate surface area is 269 Å². The molecule has 1 saturated heterocycles. The number of carbonyl (C=O) groups is 3. The average molecular weight is 665 g/mol.